The zero-order chi connectivity index (χ0) is 39.3. The maximum Gasteiger partial charge on any atom is 0.362 e. The van der Waals surface area contributed by atoms with Gasteiger partial charge in [-0.2, -0.15) is 0 Å². The Bertz CT molecular complexity index is 885. The average molecular weight is 753 g/mol. The zero-order valence-corrected chi connectivity index (χ0v) is 35.5. The lowest BCUT2D eigenvalue weighted by atomic mass is 10.1. The van der Waals surface area contributed by atoms with E-state index in [4.69, 9.17) is 14.2 Å². The maximum atomic E-state index is 12.7. The average Bonchev–Trinajstić information content (AvgIpc) is 3.11. The van der Waals surface area contributed by atoms with Crippen LogP contribution in [-0.2, 0) is 28.6 Å². The van der Waals surface area contributed by atoms with Crippen LogP contribution in [0.1, 0.15) is 206 Å². The lowest BCUT2D eigenvalue weighted by molar-refractivity contribution is -0.887. The van der Waals surface area contributed by atoms with Crippen molar-refractivity contribution in [2.24, 2.45) is 0 Å². The van der Waals surface area contributed by atoms with Gasteiger partial charge >= 0.3 is 17.9 Å². The van der Waals surface area contributed by atoms with Crippen molar-refractivity contribution in [1.82, 2.24) is 0 Å². The van der Waals surface area contributed by atoms with Gasteiger partial charge in [-0.1, -0.05) is 161 Å². The highest BCUT2D eigenvalue weighted by Gasteiger charge is 2.31. The van der Waals surface area contributed by atoms with Crippen molar-refractivity contribution < 1.29 is 38.2 Å². The van der Waals surface area contributed by atoms with Gasteiger partial charge in [-0.25, -0.2) is 4.79 Å². The summed E-state index contributed by atoms with van der Waals surface area (Å²) in [4.78, 5) is 36.8. The van der Waals surface area contributed by atoms with Crippen molar-refractivity contribution in [1.29, 1.82) is 0 Å². The first-order valence-electron chi connectivity index (χ1n) is 22.2. The molecule has 0 saturated heterocycles. The molecule has 8 nitrogen and oxygen atoms in total. The summed E-state index contributed by atoms with van der Waals surface area (Å²) in [5.74, 6) is -1.47. The fourth-order valence-corrected chi connectivity index (χ4v) is 6.67. The number of rotatable bonds is 40. The Balaban J connectivity index is 4.20. The largest absolute Gasteiger partial charge is 0.477 e. The summed E-state index contributed by atoms with van der Waals surface area (Å²) >= 11 is 0. The Kier molecular flexibility index (Phi) is 35.7. The van der Waals surface area contributed by atoms with Crippen molar-refractivity contribution in [2.45, 2.75) is 219 Å². The number of carbonyl (C=O) groups excluding carboxylic acids is 2. The summed E-state index contributed by atoms with van der Waals surface area (Å²) < 4.78 is 17.2. The van der Waals surface area contributed by atoms with Crippen LogP contribution in [-0.4, -0.2) is 80.6 Å². The van der Waals surface area contributed by atoms with E-state index in [1.807, 2.05) is 21.1 Å². The van der Waals surface area contributed by atoms with E-state index in [1.54, 1.807) is 0 Å². The smallest absolute Gasteiger partial charge is 0.362 e. The van der Waals surface area contributed by atoms with E-state index in [1.165, 1.54) is 135 Å². The van der Waals surface area contributed by atoms with E-state index >= 15 is 0 Å². The molecule has 0 aliphatic heterocycles. The summed E-state index contributed by atoms with van der Waals surface area (Å²) in [6, 6.07) is -0.610. The van der Waals surface area contributed by atoms with E-state index in [9.17, 15) is 19.5 Å². The van der Waals surface area contributed by atoms with Crippen LogP contribution in [0.25, 0.3) is 0 Å². The molecule has 0 aromatic rings. The van der Waals surface area contributed by atoms with Crippen molar-refractivity contribution >= 4 is 17.9 Å². The van der Waals surface area contributed by atoms with Gasteiger partial charge in [-0.3, -0.25) is 9.59 Å². The van der Waals surface area contributed by atoms with Crippen molar-refractivity contribution in [2.75, 3.05) is 41.0 Å². The van der Waals surface area contributed by atoms with Crippen LogP contribution >= 0.6 is 0 Å². The molecule has 0 amide bonds. The molecule has 2 unspecified atom stereocenters. The lowest BCUT2D eigenvalue weighted by Gasteiger charge is -2.31. The van der Waals surface area contributed by atoms with Gasteiger partial charge in [0.05, 0.1) is 34.4 Å². The first-order chi connectivity index (χ1) is 25.6. The Hall–Kier alpha value is -1.93. The van der Waals surface area contributed by atoms with Gasteiger partial charge in [-0.15, -0.1) is 0 Å². The molecule has 0 rings (SSSR count). The predicted octanol–water partition coefficient (Wildman–Crippen LogP) is 11.9. The molecule has 0 bridgehead atoms. The van der Waals surface area contributed by atoms with Crippen LogP contribution in [0.4, 0.5) is 0 Å². The highest BCUT2D eigenvalue weighted by atomic mass is 16.6. The Morgan fingerprint density at radius 1 is 0.547 bits per heavy atom. The molecule has 0 aromatic carbocycles. The first-order valence-corrected chi connectivity index (χ1v) is 22.2. The number of ether oxygens (including phenoxy) is 3. The number of hydrogen-bond acceptors (Lipinski definition) is 6. The van der Waals surface area contributed by atoms with Crippen molar-refractivity contribution in [3.63, 3.8) is 0 Å². The molecular formula is C45H86NO7+. The quantitative estimate of drug-likeness (QED) is 0.0288. The van der Waals surface area contributed by atoms with Crippen LogP contribution in [0.3, 0.4) is 0 Å². The van der Waals surface area contributed by atoms with E-state index in [0.717, 1.165) is 38.5 Å². The number of hydrogen-bond donors (Lipinski definition) is 1. The van der Waals surface area contributed by atoms with E-state index in [0.29, 0.717) is 19.3 Å². The highest BCUT2D eigenvalue weighted by Crippen LogP contribution is 2.15. The number of likely N-dealkylation sites (N-methyl/N-ethyl adjacent to an activating group) is 1. The molecule has 0 heterocycles. The number of allylic oxidation sites excluding steroid dienone is 2. The van der Waals surface area contributed by atoms with Crippen LogP contribution < -0.4 is 0 Å². The van der Waals surface area contributed by atoms with E-state index in [2.05, 4.69) is 26.0 Å². The Labute approximate surface area is 327 Å². The number of unbranched alkanes of at least 4 members (excludes halogenated alkanes) is 24. The maximum absolute atomic E-state index is 12.7. The van der Waals surface area contributed by atoms with Crippen LogP contribution in [0.2, 0.25) is 0 Å². The van der Waals surface area contributed by atoms with Gasteiger partial charge in [0, 0.05) is 19.3 Å². The minimum atomic E-state index is -0.874. The molecule has 8 heteroatoms. The van der Waals surface area contributed by atoms with Gasteiger partial charge in [-0.05, 0) is 38.5 Å². The molecule has 0 spiro atoms. The molecule has 312 valence electrons. The molecule has 1 N–H and O–H groups in total. The first kappa shape index (κ1) is 51.1. The summed E-state index contributed by atoms with van der Waals surface area (Å²) in [5.41, 5.74) is 0. The molecule has 2 atom stereocenters. The summed E-state index contributed by atoms with van der Waals surface area (Å²) in [5, 5.41) is 9.59. The molecule has 0 saturated carbocycles. The molecule has 53 heavy (non-hydrogen) atoms. The number of nitrogens with zero attached hydrogens (tertiary/aromatic N) is 1. The van der Waals surface area contributed by atoms with Crippen LogP contribution in [0.5, 0.6) is 0 Å². The van der Waals surface area contributed by atoms with Gasteiger partial charge in [0.25, 0.3) is 0 Å². The van der Waals surface area contributed by atoms with Crippen LogP contribution in [0.15, 0.2) is 12.2 Å². The summed E-state index contributed by atoms with van der Waals surface area (Å²) in [6.45, 7) is 4.72. The third kappa shape index (κ3) is 35.5. The summed E-state index contributed by atoms with van der Waals surface area (Å²) in [6.07, 6.45) is 38.4. The minimum absolute atomic E-state index is 0.0478. The Morgan fingerprint density at radius 3 is 1.36 bits per heavy atom. The number of aliphatic carboxylic acids is 1. The van der Waals surface area contributed by atoms with Gasteiger partial charge in [0.1, 0.15) is 6.61 Å². The number of quaternary nitrogens is 1. The fourth-order valence-electron chi connectivity index (χ4n) is 6.67. The zero-order valence-electron chi connectivity index (χ0n) is 35.5. The van der Waals surface area contributed by atoms with E-state index < -0.39 is 18.1 Å². The second-order valence-corrected chi connectivity index (χ2v) is 16.3. The lowest BCUT2D eigenvalue weighted by Crippen LogP contribution is -2.50. The predicted molar refractivity (Wildman–Crippen MR) is 220 cm³/mol. The third-order valence-corrected chi connectivity index (χ3v) is 10.2. The normalized spacial score (nSPS) is 13.0. The third-order valence-electron chi connectivity index (χ3n) is 10.2. The molecule has 0 fully saturated rings. The number of carboxylic acid groups (broad SMARTS) is 1. The standard InChI is InChI=1S/C45H85NO7/c1-6-8-10-12-14-16-17-18-19-20-21-22-23-24-25-26-27-28-30-32-34-36-44(48)53-41(39-51-38-37-42(45(49)50)46(3,4)5)40-52-43(47)35-33-31-29-15-13-11-9-7-2/h22-23,41-42H,6-21,24-40H2,1-5H3/p+1/b23-22+. The molecule has 0 aromatic heterocycles. The van der Waals surface area contributed by atoms with Crippen molar-refractivity contribution in [3.8, 4) is 0 Å². The molecular weight excluding hydrogens is 666 g/mol. The molecule has 0 aliphatic rings. The number of esters is 2. The monoisotopic (exact) mass is 753 g/mol. The van der Waals surface area contributed by atoms with Gasteiger partial charge in [0.15, 0.2) is 12.1 Å². The SMILES string of the molecule is CCCCCCCCCCCC/C=C/CCCCCCCCCC(=O)OC(COCCC(C(=O)O)[N+](C)(C)C)COC(=O)CCCCCCCCCC. The minimum Gasteiger partial charge on any atom is -0.477 e. The topological polar surface area (TPSA) is 99.1 Å². The van der Waals surface area contributed by atoms with E-state index in [-0.39, 0.29) is 36.2 Å². The second-order valence-electron chi connectivity index (χ2n) is 16.3. The van der Waals surface area contributed by atoms with Crippen molar-refractivity contribution in [3.05, 3.63) is 12.2 Å². The molecule has 0 aliphatic carbocycles. The highest BCUT2D eigenvalue weighted by molar-refractivity contribution is 5.72. The second kappa shape index (κ2) is 37.0. The fraction of sp³-hybridized carbons (Fsp3) is 0.889. The van der Waals surface area contributed by atoms with Gasteiger partial charge in [0.2, 0.25) is 0 Å². The van der Waals surface area contributed by atoms with Gasteiger partial charge < -0.3 is 23.8 Å². The number of carbonyl (C=O) groups is 3. The summed E-state index contributed by atoms with van der Waals surface area (Å²) in [7, 11) is 5.53. The number of carboxylic acids is 1. The van der Waals surface area contributed by atoms with Crippen LogP contribution in [0, 0.1) is 0 Å². The Morgan fingerprint density at radius 2 is 0.943 bits per heavy atom. The molecule has 0 radical (unpaired) electrons.